The van der Waals surface area contributed by atoms with Crippen molar-refractivity contribution in [3.63, 3.8) is 0 Å². The Morgan fingerprint density at radius 1 is 0.895 bits per heavy atom. The lowest BCUT2D eigenvalue weighted by molar-refractivity contribution is 0.208. The number of nitrogens with one attached hydrogen (secondary N) is 3. The largest absolute Gasteiger partial charge is 0.369 e. The maximum atomic E-state index is 10.6. The van der Waals surface area contributed by atoms with E-state index >= 15 is 0 Å². The van der Waals surface area contributed by atoms with Gasteiger partial charge in [-0.2, -0.15) is 5.10 Å². The molecule has 0 saturated carbocycles. The molecule has 0 radical (unpaired) electrons. The average Bonchev–Trinajstić information content (AvgIpc) is 3.73. The predicted octanol–water partition coefficient (Wildman–Crippen LogP) is 6.39. The van der Waals surface area contributed by atoms with Crippen LogP contribution in [-0.2, 0) is 0 Å². The van der Waals surface area contributed by atoms with Crippen molar-refractivity contribution in [2.24, 2.45) is 0 Å². The minimum atomic E-state index is -0.847. The van der Waals surface area contributed by atoms with Crippen LogP contribution in [0.3, 0.4) is 0 Å². The molecule has 0 saturated heterocycles. The number of aromatic nitrogens is 6. The molecule has 0 aliphatic rings. The van der Waals surface area contributed by atoms with Crippen LogP contribution in [0.15, 0.2) is 96.8 Å². The number of aromatic amines is 2. The number of rotatable bonds is 6. The summed E-state index contributed by atoms with van der Waals surface area (Å²) < 4.78 is 0. The maximum Gasteiger partial charge on any atom is 0.150 e. The third-order valence-corrected chi connectivity index (χ3v) is 7.29. The molecule has 4 N–H and O–H groups in total. The average molecular weight is 516 g/mol. The van der Waals surface area contributed by atoms with Gasteiger partial charge in [0.2, 0.25) is 0 Å². The normalized spacial score (nSPS) is 12.2. The van der Waals surface area contributed by atoms with Gasteiger partial charge in [-0.25, -0.2) is 4.98 Å². The van der Waals surface area contributed by atoms with Crippen molar-refractivity contribution in [2.75, 3.05) is 5.32 Å². The minimum Gasteiger partial charge on any atom is -0.369 e. The van der Waals surface area contributed by atoms with Crippen LogP contribution >= 0.6 is 11.3 Å². The highest BCUT2D eigenvalue weighted by molar-refractivity contribution is 7.13. The number of pyridine rings is 3. The molecule has 7 aromatic rings. The van der Waals surface area contributed by atoms with E-state index in [1.54, 1.807) is 23.7 Å². The molecule has 6 heterocycles. The molecular weight excluding hydrogens is 494 g/mol. The van der Waals surface area contributed by atoms with E-state index in [1.807, 2.05) is 66.9 Å². The van der Waals surface area contributed by atoms with Crippen molar-refractivity contribution < 1.29 is 5.11 Å². The lowest BCUT2D eigenvalue weighted by Gasteiger charge is -2.14. The van der Waals surface area contributed by atoms with E-state index < -0.39 is 6.23 Å². The van der Waals surface area contributed by atoms with Crippen molar-refractivity contribution in [3.05, 3.63) is 102 Å². The second kappa shape index (κ2) is 9.22. The van der Waals surface area contributed by atoms with Gasteiger partial charge in [-0.3, -0.25) is 15.1 Å². The van der Waals surface area contributed by atoms with Crippen molar-refractivity contribution in [1.29, 1.82) is 0 Å². The summed E-state index contributed by atoms with van der Waals surface area (Å²) in [5.74, 6) is 0. The highest BCUT2D eigenvalue weighted by Gasteiger charge is 2.16. The van der Waals surface area contributed by atoms with E-state index in [2.05, 4.69) is 48.0 Å². The summed E-state index contributed by atoms with van der Waals surface area (Å²) in [6.45, 7) is 0. The van der Waals surface area contributed by atoms with E-state index in [9.17, 15) is 5.11 Å². The van der Waals surface area contributed by atoms with Crippen LogP contribution in [0.5, 0.6) is 0 Å². The quantitative estimate of drug-likeness (QED) is 0.191. The number of hydrogen-bond donors (Lipinski definition) is 4. The van der Waals surface area contributed by atoms with Gasteiger partial charge in [0, 0.05) is 34.4 Å². The first-order chi connectivity index (χ1) is 18.7. The second-order valence-corrected chi connectivity index (χ2v) is 9.81. The van der Waals surface area contributed by atoms with Gasteiger partial charge in [-0.05, 0) is 41.8 Å². The number of fused-ring (bicyclic) bond motifs is 2. The fourth-order valence-electron chi connectivity index (χ4n) is 4.57. The molecule has 0 amide bonds. The van der Waals surface area contributed by atoms with Crippen molar-refractivity contribution in [1.82, 2.24) is 30.1 Å². The Morgan fingerprint density at radius 2 is 1.82 bits per heavy atom. The number of H-pyrrole nitrogens is 2. The lowest BCUT2D eigenvalue weighted by Crippen LogP contribution is -2.09. The molecule has 1 aromatic carbocycles. The highest BCUT2D eigenvalue weighted by atomic mass is 32.1. The Labute approximate surface area is 221 Å². The van der Waals surface area contributed by atoms with E-state index in [-0.39, 0.29) is 0 Å². The molecule has 0 bridgehead atoms. The molecule has 0 spiro atoms. The van der Waals surface area contributed by atoms with Crippen molar-refractivity contribution in [3.8, 4) is 33.2 Å². The van der Waals surface area contributed by atoms with Crippen LogP contribution in [0.25, 0.3) is 55.2 Å². The van der Waals surface area contributed by atoms with Gasteiger partial charge in [0.1, 0.15) is 11.2 Å². The molecular formula is C29H21N7OS. The maximum absolute atomic E-state index is 10.6. The third-order valence-electron chi connectivity index (χ3n) is 6.42. The standard InChI is InChI=1S/C29H21N7OS/c37-29(17-5-2-1-3-6-17)32-19-13-18(15-30-16-19)21-8-9-23-27(34-21)28(36-35-23)24-14-20-22(33-24)10-11-31-26(20)25-7-4-12-38-25/h1-16,29,32-33,37H,(H,35,36). The number of hydrogen-bond acceptors (Lipinski definition) is 7. The molecule has 7 rings (SSSR count). The van der Waals surface area contributed by atoms with Crippen molar-refractivity contribution >= 4 is 39.0 Å². The molecule has 8 nitrogen and oxygen atoms in total. The summed E-state index contributed by atoms with van der Waals surface area (Å²) in [6.07, 6.45) is 4.41. The summed E-state index contributed by atoms with van der Waals surface area (Å²) >= 11 is 1.67. The van der Waals surface area contributed by atoms with Crippen LogP contribution in [0, 0.1) is 0 Å². The molecule has 0 fully saturated rings. The van der Waals surface area contributed by atoms with Crippen molar-refractivity contribution in [2.45, 2.75) is 6.23 Å². The minimum absolute atomic E-state index is 0.692. The monoisotopic (exact) mass is 515 g/mol. The zero-order valence-corrected chi connectivity index (χ0v) is 20.8. The molecule has 1 atom stereocenters. The summed E-state index contributed by atoms with van der Waals surface area (Å²) in [5.41, 5.74) is 8.16. The third kappa shape index (κ3) is 4.00. The van der Waals surface area contributed by atoms with Crippen LogP contribution in [-0.4, -0.2) is 35.2 Å². The first-order valence-electron chi connectivity index (χ1n) is 12.0. The molecule has 38 heavy (non-hydrogen) atoms. The molecule has 0 aliphatic carbocycles. The van der Waals surface area contributed by atoms with Crippen LogP contribution in [0.2, 0.25) is 0 Å². The number of nitrogens with zero attached hydrogens (tertiary/aromatic N) is 4. The first-order valence-corrected chi connectivity index (χ1v) is 12.9. The van der Waals surface area contributed by atoms with E-state index in [1.165, 1.54) is 0 Å². The van der Waals surface area contributed by atoms with E-state index in [4.69, 9.17) is 4.98 Å². The molecule has 9 heteroatoms. The van der Waals surface area contributed by atoms with Gasteiger partial charge in [-0.15, -0.1) is 11.3 Å². The SMILES string of the molecule is OC(Nc1cncc(-c2ccc3[nH]nc(-c4cc5c(-c6cccs6)nccc5[nH]4)c3n2)c1)c1ccccc1. The summed E-state index contributed by atoms with van der Waals surface area (Å²) in [4.78, 5) is 18.5. The Morgan fingerprint density at radius 3 is 2.68 bits per heavy atom. The highest BCUT2D eigenvalue weighted by Crippen LogP contribution is 2.34. The predicted molar refractivity (Wildman–Crippen MR) is 151 cm³/mol. The number of benzene rings is 1. The zero-order valence-electron chi connectivity index (χ0n) is 20.0. The second-order valence-electron chi connectivity index (χ2n) is 8.87. The first kappa shape index (κ1) is 22.3. The van der Waals surface area contributed by atoms with Gasteiger partial charge in [0.25, 0.3) is 0 Å². The van der Waals surface area contributed by atoms with Gasteiger partial charge in [0.15, 0.2) is 6.23 Å². The number of aliphatic hydroxyl groups excluding tert-OH is 1. The van der Waals surface area contributed by atoms with Gasteiger partial charge in [0.05, 0.1) is 39.4 Å². The fraction of sp³-hybridized carbons (Fsp3) is 0.0345. The summed E-state index contributed by atoms with van der Waals surface area (Å²) in [5, 5.41) is 24.5. The van der Waals surface area contributed by atoms with Gasteiger partial charge < -0.3 is 15.4 Å². The Balaban J connectivity index is 1.25. The molecule has 0 aliphatic heterocycles. The molecule has 6 aromatic heterocycles. The zero-order chi connectivity index (χ0) is 25.5. The van der Waals surface area contributed by atoms with Crippen LogP contribution in [0.4, 0.5) is 5.69 Å². The van der Waals surface area contributed by atoms with Crippen LogP contribution in [0.1, 0.15) is 11.8 Å². The molecule has 184 valence electrons. The van der Waals surface area contributed by atoms with Crippen LogP contribution < -0.4 is 5.32 Å². The van der Waals surface area contributed by atoms with E-state index in [0.717, 1.165) is 60.7 Å². The fourth-order valence-corrected chi connectivity index (χ4v) is 5.31. The Hall–Kier alpha value is -4.86. The topological polar surface area (TPSA) is 115 Å². The van der Waals surface area contributed by atoms with Gasteiger partial charge >= 0.3 is 0 Å². The Bertz CT molecular complexity index is 1880. The summed E-state index contributed by atoms with van der Waals surface area (Å²) in [7, 11) is 0. The van der Waals surface area contributed by atoms with E-state index in [0.29, 0.717) is 5.69 Å². The molecule has 1 unspecified atom stereocenters. The number of thiophene rings is 1. The number of anilines is 1. The van der Waals surface area contributed by atoms with Gasteiger partial charge in [-0.1, -0.05) is 36.4 Å². The number of aliphatic hydroxyl groups is 1. The lowest BCUT2D eigenvalue weighted by atomic mass is 10.1. The Kier molecular flexibility index (Phi) is 5.42. The smallest absolute Gasteiger partial charge is 0.150 e. The summed E-state index contributed by atoms with van der Waals surface area (Å²) in [6, 6.07) is 23.4.